The van der Waals surface area contributed by atoms with Gasteiger partial charge in [0.05, 0.1) is 6.10 Å². The van der Waals surface area contributed by atoms with Gasteiger partial charge in [-0.15, -0.1) is 0 Å². The highest BCUT2D eigenvalue weighted by molar-refractivity contribution is 5.87. The zero-order chi connectivity index (χ0) is 14.4. The number of carbonyl (C=O) groups is 3. The van der Waals surface area contributed by atoms with Gasteiger partial charge in [0.15, 0.2) is 0 Å². The van der Waals surface area contributed by atoms with Crippen molar-refractivity contribution in [3.8, 4) is 0 Å². The molecule has 0 aromatic carbocycles. The topological polar surface area (TPSA) is 107 Å². The van der Waals surface area contributed by atoms with E-state index in [0.29, 0.717) is 19.4 Å². The molecule has 7 nitrogen and oxygen atoms in total. The first-order valence-corrected chi connectivity index (χ1v) is 6.39. The Bertz CT molecular complexity index is 356. The van der Waals surface area contributed by atoms with Gasteiger partial charge in [-0.05, 0) is 19.8 Å². The highest BCUT2D eigenvalue weighted by Gasteiger charge is 2.33. The smallest absolute Gasteiger partial charge is 0.326 e. The molecule has 1 heterocycles. The van der Waals surface area contributed by atoms with Gasteiger partial charge in [-0.2, -0.15) is 0 Å². The Kier molecular flexibility index (Phi) is 5.75. The van der Waals surface area contributed by atoms with E-state index in [0.717, 1.165) is 0 Å². The summed E-state index contributed by atoms with van der Waals surface area (Å²) in [7, 11) is 0. The number of nitrogens with zero attached hydrogens (tertiary/aromatic N) is 1. The molecule has 0 spiro atoms. The quantitative estimate of drug-likeness (QED) is 0.595. The van der Waals surface area contributed by atoms with Gasteiger partial charge in [0.1, 0.15) is 6.04 Å². The van der Waals surface area contributed by atoms with Crippen LogP contribution in [0.1, 0.15) is 32.6 Å². The second kappa shape index (κ2) is 7.08. The molecule has 108 valence electrons. The number of amides is 2. The summed E-state index contributed by atoms with van der Waals surface area (Å²) in [5, 5.41) is 20.4. The van der Waals surface area contributed by atoms with Crippen molar-refractivity contribution in [2.45, 2.75) is 44.8 Å². The number of aliphatic hydroxyl groups is 1. The van der Waals surface area contributed by atoms with E-state index in [1.54, 1.807) is 6.92 Å². The van der Waals surface area contributed by atoms with E-state index in [2.05, 4.69) is 5.32 Å². The second-order valence-electron chi connectivity index (χ2n) is 4.74. The Labute approximate surface area is 111 Å². The van der Waals surface area contributed by atoms with Crippen molar-refractivity contribution in [2.24, 2.45) is 0 Å². The molecule has 1 saturated heterocycles. The third kappa shape index (κ3) is 4.86. The predicted molar refractivity (Wildman–Crippen MR) is 66.3 cm³/mol. The normalized spacial score (nSPS) is 20.1. The second-order valence-corrected chi connectivity index (χ2v) is 4.74. The molecule has 0 bridgehead atoms. The minimum atomic E-state index is -0.996. The van der Waals surface area contributed by atoms with Crippen LogP contribution < -0.4 is 5.32 Å². The van der Waals surface area contributed by atoms with Crippen LogP contribution in [0.2, 0.25) is 0 Å². The average Bonchev–Trinajstić information content (AvgIpc) is 2.82. The Hall–Kier alpha value is -1.63. The molecule has 0 aliphatic carbocycles. The molecule has 1 fully saturated rings. The summed E-state index contributed by atoms with van der Waals surface area (Å²) >= 11 is 0. The van der Waals surface area contributed by atoms with Crippen LogP contribution in [0.15, 0.2) is 0 Å². The van der Waals surface area contributed by atoms with E-state index in [-0.39, 0.29) is 31.2 Å². The van der Waals surface area contributed by atoms with Gasteiger partial charge < -0.3 is 20.4 Å². The molecule has 19 heavy (non-hydrogen) atoms. The van der Waals surface area contributed by atoms with Gasteiger partial charge in [0.2, 0.25) is 11.8 Å². The number of hydrogen-bond acceptors (Lipinski definition) is 4. The number of hydrogen-bond donors (Lipinski definition) is 3. The molecule has 1 aliphatic rings. The van der Waals surface area contributed by atoms with Crippen LogP contribution in [0.5, 0.6) is 0 Å². The fraction of sp³-hybridized carbons (Fsp3) is 0.750. The summed E-state index contributed by atoms with van der Waals surface area (Å²) in [5.41, 5.74) is 0. The van der Waals surface area contributed by atoms with E-state index in [1.807, 2.05) is 0 Å². The monoisotopic (exact) mass is 272 g/mol. The number of nitrogens with one attached hydrogen (secondary N) is 1. The Morgan fingerprint density at radius 1 is 1.37 bits per heavy atom. The van der Waals surface area contributed by atoms with Crippen LogP contribution in [0.3, 0.4) is 0 Å². The summed E-state index contributed by atoms with van der Waals surface area (Å²) in [6.45, 7) is 2.13. The van der Waals surface area contributed by atoms with Crippen molar-refractivity contribution in [1.29, 1.82) is 0 Å². The lowest BCUT2D eigenvalue weighted by molar-refractivity contribution is -0.148. The SMILES string of the molecule is CC(O)CNC(=O)CCC(=O)N1CCCC1C(=O)O. The van der Waals surface area contributed by atoms with Gasteiger partial charge in [-0.3, -0.25) is 9.59 Å². The minimum Gasteiger partial charge on any atom is -0.480 e. The van der Waals surface area contributed by atoms with Gasteiger partial charge in [0.25, 0.3) is 0 Å². The summed E-state index contributed by atoms with van der Waals surface area (Å²) in [6.07, 6.45) is 0.519. The maximum atomic E-state index is 11.8. The molecule has 0 aromatic heterocycles. The summed E-state index contributed by atoms with van der Waals surface area (Å²) in [5.74, 6) is -1.62. The molecular weight excluding hydrogens is 252 g/mol. The number of rotatable bonds is 6. The molecule has 3 N–H and O–H groups in total. The average molecular weight is 272 g/mol. The molecular formula is C12H20N2O5. The zero-order valence-corrected chi connectivity index (χ0v) is 11.0. The summed E-state index contributed by atoms with van der Waals surface area (Å²) in [6, 6.07) is -0.756. The fourth-order valence-electron chi connectivity index (χ4n) is 2.04. The van der Waals surface area contributed by atoms with E-state index in [4.69, 9.17) is 10.2 Å². The van der Waals surface area contributed by atoms with Crippen LogP contribution >= 0.6 is 0 Å². The third-order valence-corrected chi connectivity index (χ3v) is 3.02. The first-order chi connectivity index (χ1) is 8.91. The first kappa shape index (κ1) is 15.4. The maximum absolute atomic E-state index is 11.8. The van der Waals surface area contributed by atoms with E-state index >= 15 is 0 Å². The van der Waals surface area contributed by atoms with Crippen molar-refractivity contribution in [1.82, 2.24) is 10.2 Å². The van der Waals surface area contributed by atoms with Crippen LogP contribution in [-0.2, 0) is 14.4 Å². The predicted octanol–water partition coefficient (Wildman–Crippen LogP) is -0.661. The zero-order valence-electron chi connectivity index (χ0n) is 11.0. The highest BCUT2D eigenvalue weighted by Crippen LogP contribution is 2.18. The molecule has 0 saturated carbocycles. The van der Waals surface area contributed by atoms with Gasteiger partial charge in [-0.1, -0.05) is 0 Å². The minimum absolute atomic E-state index is 0.00454. The molecule has 2 unspecified atom stereocenters. The van der Waals surface area contributed by atoms with Gasteiger partial charge in [0, 0.05) is 25.9 Å². The molecule has 0 radical (unpaired) electrons. The van der Waals surface area contributed by atoms with E-state index in [9.17, 15) is 14.4 Å². The Balaban J connectivity index is 2.34. The van der Waals surface area contributed by atoms with E-state index < -0.39 is 18.1 Å². The number of aliphatic hydroxyl groups excluding tert-OH is 1. The standard InChI is InChI=1S/C12H20N2O5/c1-8(15)7-13-10(16)4-5-11(17)14-6-2-3-9(14)12(18)19/h8-9,15H,2-7H2,1H3,(H,13,16)(H,18,19). The number of likely N-dealkylation sites (tertiary alicyclic amines) is 1. The van der Waals surface area contributed by atoms with Crippen LogP contribution in [0.25, 0.3) is 0 Å². The maximum Gasteiger partial charge on any atom is 0.326 e. The van der Waals surface area contributed by atoms with Crippen LogP contribution in [-0.4, -0.2) is 58.1 Å². The number of carboxylic acid groups (broad SMARTS) is 1. The van der Waals surface area contributed by atoms with Gasteiger partial charge in [-0.25, -0.2) is 4.79 Å². The van der Waals surface area contributed by atoms with Crippen LogP contribution in [0, 0.1) is 0 Å². The lowest BCUT2D eigenvalue weighted by Crippen LogP contribution is -2.41. The summed E-state index contributed by atoms with van der Waals surface area (Å²) < 4.78 is 0. The lowest BCUT2D eigenvalue weighted by atomic mass is 10.2. The Morgan fingerprint density at radius 2 is 2.05 bits per heavy atom. The fourth-order valence-corrected chi connectivity index (χ4v) is 2.04. The molecule has 0 aromatic rings. The van der Waals surface area contributed by atoms with Crippen molar-refractivity contribution in [3.05, 3.63) is 0 Å². The highest BCUT2D eigenvalue weighted by atomic mass is 16.4. The molecule has 2 atom stereocenters. The molecule has 7 heteroatoms. The number of carbonyl (C=O) groups excluding carboxylic acids is 2. The Morgan fingerprint density at radius 3 is 2.63 bits per heavy atom. The molecule has 1 aliphatic heterocycles. The summed E-state index contributed by atoms with van der Waals surface area (Å²) in [4.78, 5) is 35.5. The van der Waals surface area contributed by atoms with Crippen molar-refractivity contribution in [2.75, 3.05) is 13.1 Å². The van der Waals surface area contributed by atoms with Crippen LogP contribution in [0.4, 0.5) is 0 Å². The lowest BCUT2D eigenvalue weighted by Gasteiger charge is -2.21. The number of carboxylic acids is 1. The largest absolute Gasteiger partial charge is 0.480 e. The number of aliphatic carboxylic acids is 1. The third-order valence-electron chi connectivity index (χ3n) is 3.02. The van der Waals surface area contributed by atoms with Gasteiger partial charge >= 0.3 is 5.97 Å². The van der Waals surface area contributed by atoms with Crippen molar-refractivity contribution >= 4 is 17.8 Å². The van der Waals surface area contributed by atoms with Crippen molar-refractivity contribution in [3.63, 3.8) is 0 Å². The van der Waals surface area contributed by atoms with Crippen molar-refractivity contribution < 1.29 is 24.6 Å². The molecule has 2 amide bonds. The first-order valence-electron chi connectivity index (χ1n) is 6.39. The molecule has 1 rings (SSSR count). The van der Waals surface area contributed by atoms with E-state index in [1.165, 1.54) is 4.90 Å².